The summed E-state index contributed by atoms with van der Waals surface area (Å²) in [6.07, 6.45) is 1.25. The van der Waals surface area contributed by atoms with Crippen LogP contribution in [0.5, 0.6) is 5.75 Å². The number of amides is 2. The van der Waals surface area contributed by atoms with Crippen molar-refractivity contribution >= 4 is 45.4 Å². The number of benzene rings is 3. The van der Waals surface area contributed by atoms with Gasteiger partial charge in [-0.3, -0.25) is 4.79 Å². The summed E-state index contributed by atoms with van der Waals surface area (Å²) in [6.45, 7) is 4.32. The SMILES string of the molecule is COC(=O)NC(C(=O)N1[C@@H]2C[C@@H]2C[C@H]1c1nc2c(ccc3cc4c(cc32)OCc2cc(Cl)ccc2-4)[nH]1)C(C)C. The van der Waals surface area contributed by atoms with E-state index in [2.05, 4.69) is 28.5 Å². The molecule has 1 saturated heterocycles. The summed E-state index contributed by atoms with van der Waals surface area (Å²) in [5.41, 5.74) is 5.02. The average molecular weight is 545 g/mol. The number of methoxy groups -OCH3 is 1. The van der Waals surface area contributed by atoms with Gasteiger partial charge in [-0.1, -0.05) is 37.6 Å². The van der Waals surface area contributed by atoms with Crippen molar-refractivity contribution < 1.29 is 19.1 Å². The van der Waals surface area contributed by atoms with Crippen molar-refractivity contribution in [3.63, 3.8) is 0 Å². The lowest BCUT2D eigenvalue weighted by atomic mass is 9.94. The Morgan fingerprint density at radius 3 is 2.79 bits per heavy atom. The first-order valence-electron chi connectivity index (χ1n) is 13.4. The van der Waals surface area contributed by atoms with Crippen LogP contribution in [0, 0.1) is 11.8 Å². The Kier molecular flexibility index (Phi) is 5.53. The highest BCUT2D eigenvalue weighted by molar-refractivity contribution is 6.30. The second-order valence-electron chi connectivity index (χ2n) is 11.2. The number of hydrogen-bond donors (Lipinski definition) is 2. The average Bonchev–Trinajstić information content (AvgIpc) is 3.37. The van der Waals surface area contributed by atoms with Crippen LogP contribution in [0.1, 0.15) is 44.1 Å². The molecule has 9 heteroatoms. The molecule has 2 amide bonds. The number of imidazole rings is 1. The summed E-state index contributed by atoms with van der Waals surface area (Å²) in [7, 11) is 1.31. The van der Waals surface area contributed by atoms with Gasteiger partial charge >= 0.3 is 6.09 Å². The number of rotatable bonds is 4. The minimum Gasteiger partial charge on any atom is -0.488 e. The van der Waals surface area contributed by atoms with Crippen molar-refractivity contribution in [3.05, 3.63) is 58.9 Å². The number of ether oxygens (including phenoxy) is 2. The van der Waals surface area contributed by atoms with Gasteiger partial charge in [0.15, 0.2) is 0 Å². The molecule has 7 rings (SSSR count). The summed E-state index contributed by atoms with van der Waals surface area (Å²) >= 11 is 6.21. The number of fused-ring (bicyclic) bond motifs is 7. The number of piperidine rings is 1. The van der Waals surface area contributed by atoms with Crippen molar-refractivity contribution in [2.75, 3.05) is 7.11 Å². The van der Waals surface area contributed by atoms with Crippen LogP contribution in [0.4, 0.5) is 4.79 Å². The van der Waals surface area contributed by atoms with Gasteiger partial charge in [-0.15, -0.1) is 0 Å². The van der Waals surface area contributed by atoms with Gasteiger partial charge in [-0.25, -0.2) is 9.78 Å². The fourth-order valence-electron chi connectivity index (χ4n) is 6.31. The third kappa shape index (κ3) is 3.92. The van der Waals surface area contributed by atoms with E-state index in [4.69, 9.17) is 26.1 Å². The monoisotopic (exact) mass is 544 g/mol. The molecule has 1 saturated carbocycles. The van der Waals surface area contributed by atoms with Gasteiger partial charge in [0.2, 0.25) is 5.91 Å². The van der Waals surface area contributed by atoms with Gasteiger partial charge in [-0.2, -0.15) is 0 Å². The van der Waals surface area contributed by atoms with Gasteiger partial charge in [0.1, 0.15) is 24.2 Å². The highest BCUT2D eigenvalue weighted by atomic mass is 35.5. The zero-order chi connectivity index (χ0) is 27.0. The van der Waals surface area contributed by atoms with E-state index in [-0.39, 0.29) is 23.9 Å². The van der Waals surface area contributed by atoms with Crippen LogP contribution in [-0.2, 0) is 16.1 Å². The second-order valence-corrected chi connectivity index (χ2v) is 11.6. The number of carbonyl (C=O) groups is 2. The fourth-order valence-corrected chi connectivity index (χ4v) is 6.50. The first-order valence-corrected chi connectivity index (χ1v) is 13.7. The van der Waals surface area contributed by atoms with E-state index in [9.17, 15) is 9.59 Å². The number of aromatic nitrogens is 2. The Hall–Kier alpha value is -3.78. The molecular weight excluding hydrogens is 516 g/mol. The molecule has 1 aromatic heterocycles. The lowest BCUT2D eigenvalue weighted by Gasteiger charge is -2.31. The molecule has 39 heavy (non-hydrogen) atoms. The first-order chi connectivity index (χ1) is 18.8. The van der Waals surface area contributed by atoms with Crippen LogP contribution in [-0.4, -0.2) is 46.1 Å². The van der Waals surface area contributed by atoms with Crippen LogP contribution < -0.4 is 10.1 Å². The fraction of sp³-hybridized carbons (Fsp3) is 0.367. The number of alkyl carbamates (subject to hydrolysis) is 1. The third-order valence-electron chi connectivity index (χ3n) is 8.39. The Labute approximate surface area is 230 Å². The van der Waals surface area contributed by atoms with E-state index >= 15 is 0 Å². The number of nitrogens with zero attached hydrogens (tertiary/aromatic N) is 2. The molecule has 4 atom stereocenters. The number of nitrogens with one attached hydrogen (secondary N) is 2. The van der Waals surface area contributed by atoms with Gasteiger partial charge in [0.25, 0.3) is 0 Å². The van der Waals surface area contributed by atoms with Gasteiger partial charge < -0.3 is 24.7 Å². The van der Waals surface area contributed by atoms with Crippen molar-refractivity contribution in [3.8, 4) is 16.9 Å². The van der Waals surface area contributed by atoms with E-state index in [0.717, 1.165) is 62.9 Å². The van der Waals surface area contributed by atoms with Crippen LogP contribution in [0.25, 0.3) is 32.9 Å². The Morgan fingerprint density at radius 2 is 2.00 bits per heavy atom. The number of carbonyl (C=O) groups excluding carboxylic acids is 2. The maximum atomic E-state index is 13.8. The Balaban J connectivity index is 1.26. The molecule has 0 spiro atoms. The Morgan fingerprint density at radius 1 is 1.15 bits per heavy atom. The highest BCUT2D eigenvalue weighted by Gasteiger charge is 2.56. The van der Waals surface area contributed by atoms with Gasteiger partial charge in [0, 0.05) is 22.0 Å². The number of H-pyrrole nitrogens is 1. The third-order valence-corrected chi connectivity index (χ3v) is 8.63. The van der Waals surface area contributed by atoms with E-state index in [1.165, 1.54) is 7.11 Å². The molecule has 3 aromatic carbocycles. The van der Waals surface area contributed by atoms with Crippen LogP contribution in [0.15, 0.2) is 42.5 Å². The minimum absolute atomic E-state index is 0.0815. The summed E-state index contributed by atoms with van der Waals surface area (Å²) in [5.74, 6) is 1.89. The predicted molar refractivity (Wildman–Crippen MR) is 149 cm³/mol. The smallest absolute Gasteiger partial charge is 0.407 e. The molecule has 200 valence electrons. The van der Waals surface area contributed by atoms with Crippen molar-refractivity contribution in [2.24, 2.45) is 11.8 Å². The molecular formula is C30H29ClN4O4. The lowest BCUT2D eigenvalue weighted by molar-refractivity contribution is -0.136. The maximum absolute atomic E-state index is 13.8. The van der Waals surface area contributed by atoms with Crippen molar-refractivity contribution in [1.29, 1.82) is 0 Å². The van der Waals surface area contributed by atoms with E-state index < -0.39 is 12.1 Å². The summed E-state index contributed by atoms with van der Waals surface area (Å²) in [4.78, 5) is 36.2. The molecule has 2 aliphatic heterocycles. The lowest BCUT2D eigenvalue weighted by Crippen LogP contribution is -2.52. The molecule has 1 unspecified atom stereocenters. The standard InChI is InChI=1S/C30H29ClN4O4/c1-14(2)26(34-30(37)38-3)29(36)35-23-10-16(23)11-24(35)28-32-22-7-4-15-9-21-19-6-5-18(31)8-17(19)13-39-25(21)12-20(15)27(22)33-28/h4-9,12,14,16,23-24,26H,10-11,13H2,1-3H3,(H,32,33)(H,34,37)/t16-,23-,24+,26?/m1/s1. The second kappa shape index (κ2) is 8.88. The summed E-state index contributed by atoms with van der Waals surface area (Å²) in [6, 6.07) is 13.6. The number of halogens is 1. The topological polar surface area (TPSA) is 96.6 Å². The number of likely N-dealkylation sites (tertiary alicyclic amines) is 1. The molecule has 2 fully saturated rings. The Bertz CT molecular complexity index is 1660. The summed E-state index contributed by atoms with van der Waals surface area (Å²) in [5, 5.41) is 5.50. The van der Waals surface area contributed by atoms with Gasteiger partial charge in [0.05, 0.1) is 24.2 Å². The molecule has 0 radical (unpaired) electrons. The predicted octanol–water partition coefficient (Wildman–Crippen LogP) is 5.97. The number of aromatic amines is 1. The zero-order valence-electron chi connectivity index (χ0n) is 22.0. The van der Waals surface area contributed by atoms with E-state index in [1.807, 2.05) is 43.0 Å². The molecule has 3 aliphatic rings. The van der Waals surface area contributed by atoms with E-state index in [1.54, 1.807) is 0 Å². The summed E-state index contributed by atoms with van der Waals surface area (Å²) < 4.78 is 10.9. The molecule has 0 bridgehead atoms. The molecule has 2 N–H and O–H groups in total. The molecule has 1 aliphatic carbocycles. The van der Waals surface area contributed by atoms with Crippen molar-refractivity contribution in [1.82, 2.24) is 20.2 Å². The molecule has 8 nitrogen and oxygen atoms in total. The number of hydrogen-bond acceptors (Lipinski definition) is 5. The van der Waals surface area contributed by atoms with Crippen molar-refractivity contribution in [2.45, 2.75) is 51.4 Å². The largest absolute Gasteiger partial charge is 0.488 e. The first kappa shape index (κ1) is 24.3. The normalized spacial score (nSPS) is 21.8. The molecule has 4 aromatic rings. The van der Waals surface area contributed by atoms with Gasteiger partial charge in [-0.05, 0) is 71.5 Å². The molecule has 3 heterocycles. The van der Waals surface area contributed by atoms with Crippen LogP contribution in [0.2, 0.25) is 5.02 Å². The van der Waals surface area contributed by atoms with E-state index in [0.29, 0.717) is 17.5 Å². The van der Waals surface area contributed by atoms with Crippen LogP contribution >= 0.6 is 11.6 Å². The quantitative estimate of drug-likeness (QED) is 0.330. The highest BCUT2D eigenvalue weighted by Crippen LogP contribution is 2.53. The minimum atomic E-state index is -0.661. The zero-order valence-corrected chi connectivity index (χ0v) is 22.7. The van der Waals surface area contributed by atoms with Crippen LogP contribution in [0.3, 0.4) is 0 Å². The maximum Gasteiger partial charge on any atom is 0.407 e.